The van der Waals surface area contributed by atoms with Crippen LogP contribution in [0, 0.1) is 0 Å². The number of benzene rings is 1. The zero-order chi connectivity index (χ0) is 11.3. The van der Waals surface area contributed by atoms with Crippen molar-refractivity contribution in [2.75, 3.05) is 6.79 Å². The van der Waals surface area contributed by atoms with Gasteiger partial charge in [0.25, 0.3) is 0 Å². The predicted molar refractivity (Wildman–Crippen MR) is 56.8 cm³/mol. The molecule has 0 aromatic heterocycles. The Balaban J connectivity index is 2.67. The molecule has 4 nitrogen and oxygen atoms in total. The lowest BCUT2D eigenvalue weighted by molar-refractivity contribution is -0.147. The van der Waals surface area contributed by atoms with Crippen LogP contribution in [0.25, 0.3) is 0 Å². The van der Waals surface area contributed by atoms with Gasteiger partial charge in [-0.25, -0.2) is 0 Å². The first-order chi connectivity index (χ1) is 7.13. The first-order valence-electron chi connectivity index (χ1n) is 4.14. The molecule has 0 heterocycles. The Morgan fingerprint density at radius 3 is 2.87 bits per heavy atom. The van der Waals surface area contributed by atoms with Crippen LogP contribution >= 0.6 is 15.9 Å². The van der Waals surface area contributed by atoms with Crippen LogP contribution in [0.15, 0.2) is 22.7 Å². The molecule has 0 fully saturated rings. The Morgan fingerprint density at radius 2 is 2.27 bits per heavy atom. The lowest BCUT2D eigenvalue weighted by atomic mass is 10.2. The minimum Gasteiger partial charge on any atom is -0.457 e. The zero-order valence-corrected chi connectivity index (χ0v) is 9.61. The highest BCUT2D eigenvalue weighted by Crippen LogP contribution is 2.21. The van der Waals surface area contributed by atoms with Gasteiger partial charge in [-0.1, -0.05) is 15.9 Å². The molecule has 1 aromatic rings. The molecule has 0 unspecified atom stereocenters. The number of halogens is 1. The number of hydrogen-bond donors (Lipinski definition) is 0. The molecule has 1 aromatic carbocycles. The first kappa shape index (κ1) is 11.7. The second kappa shape index (κ2) is 5.50. The number of aldehydes is 1. The average Bonchev–Trinajstić information content (AvgIpc) is 2.19. The van der Waals surface area contributed by atoms with Crippen molar-refractivity contribution in [3.8, 4) is 5.75 Å². The van der Waals surface area contributed by atoms with Gasteiger partial charge in [-0.15, -0.1) is 0 Å². The van der Waals surface area contributed by atoms with E-state index in [0.29, 0.717) is 17.6 Å². The van der Waals surface area contributed by atoms with Crippen molar-refractivity contribution in [1.29, 1.82) is 0 Å². The molecular weight excluding hydrogens is 264 g/mol. The third kappa shape index (κ3) is 3.71. The number of ether oxygens (including phenoxy) is 2. The third-order valence-electron chi connectivity index (χ3n) is 1.58. The van der Waals surface area contributed by atoms with Gasteiger partial charge in [0.05, 0.1) is 5.56 Å². The molecule has 0 saturated carbocycles. The summed E-state index contributed by atoms with van der Waals surface area (Å²) in [7, 11) is 0. The molecule has 0 saturated heterocycles. The molecule has 0 aliphatic heterocycles. The summed E-state index contributed by atoms with van der Waals surface area (Å²) in [6.45, 7) is 1.09. The number of carbonyl (C=O) groups is 2. The van der Waals surface area contributed by atoms with E-state index in [9.17, 15) is 9.59 Å². The van der Waals surface area contributed by atoms with Crippen molar-refractivity contribution in [2.45, 2.75) is 6.92 Å². The van der Waals surface area contributed by atoms with Crippen LogP contribution in [-0.2, 0) is 9.53 Å². The summed E-state index contributed by atoms with van der Waals surface area (Å²) in [5, 5.41) is 0. The van der Waals surface area contributed by atoms with E-state index in [1.54, 1.807) is 18.2 Å². The molecule has 0 amide bonds. The van der Waals surface area contributed by atoms with Gasteiger partial charge in [-0.2, -0.15) is 0 Å². The molecule has 80 valence electrons. The SMILES string of the molecule is CC(=O)OCOc1ccc(Br)cc1C=O. The maximum atomic E-state index is 10.7. The van der Waals surface area contributed by atoms with Gasteiger partial charge in [0.2, 0.25) is 6.79 Å². The van der Waals surface area contributed by atoms with E-state index in [0.717, 1.165) is 4.47 Å². The zero-order valence-electron chi connectivity index (χ0n) is 8.03. The van der Waals surface area contributed by atoms with E-state index < -0.39 is 5.97 Å². The van der Waals surface area contributed by atoms with Crippen LogP contribution in [0.3, 0.4) is 0 Å². The van der Waals surface area contributed by atoms with Crippen molar-refractivity contribution >= 4 is 28.2 Å². The Hall–Kier alpha value is -1.36. The van der Waals surface area contributed by atoms with E-state index in [1.165, 1.54) is 6.92 Å². The average molecular weight is 273 g/mol. The van der Waals surface area contributed by atoms with Crippen molar-refractivity contribution in [1.82, 2.24) is 0 Å². The summed E-state index contributed by atoms with van der Waals surface area (Å²) in [6.07, 6.45) is 0.674. The Morgan fingerprint density at radius 1 is 1.53 bits per heavy atom. The molecule has 0 bridgehead atoms. The van der Waals surface area contributed by atoms with Gasteiger partial charge < -0.3 is 9.47 Å². The van der Waals surface area contributed by atoms with Crippen LogP contribution in [-0.4, -0.2) is 19.0 Å². The second-order valence-electron chi connectivity index (χ2n) is 2.70. The van der Waals surface area contributed by atoms with E-state index in [-0.39, 0.29) is 6.79 Å². The minimum atomic E-state index is -0.431. The fourth-order valence-corrected chi connectivity index (χ4v) is 1.30. The van der Waals surface area contributed by atoms with Crippen LogP contribution in [0.5, 0.6) is 5.75 Å². The standard InChI is InChI=1S/C10H9BrO4/c1-7(13)14-6-15-10-3-2-9(11)4-8(10)5-12/h2-5H,6H2,1H3. The molecule has 0 radical (unpaired) electrons. The van der Waals surface area contributed by atoms with Crippen LogP contribution < -0.4 is 4.74 Å². The monoisotopic (exact) mass is 272 g/mol. The lowest BCUT2D eigenvalue weighted by Crippen LogP contribution is -2.07. The third-order valence-corrected chi connectivity index (χ3v) is 2.07. The second-order valence-corrected chi connectivity index (χ2v) is 3.61. The molecule has 15 heavy (non-hydrogen) atoms. The number of rotatable bonds is 4. The quantitative estimate of drug-likeness (QED) is 0.479. The Labute approximate surface area is 95.3 Å². The smallest absolute Gasteiger partial charge is 0.305 e. The van der Waals surface area contributed by atoms with E-state index in [1.807, 2.05) is 0 Å². The van der Waals surface area contributed by atoms with Crippen molar-refractivity contribution in [3.05, 3.63) is 28.2 Å². The summed E-state index contributed by atoms with van der Waals surface area (Å²) in [5.74, 6) is -0.0470. The highest BCUT2D eigenvalue weighted by atomic mass is 79.9. The van der Waals surface area contributed by atoms with Crippen LogP contribution in [0.4, 0.5) is 0 Å². The largest absolute Gasteiger partial charge is 0.457 e. The summed E-state index contributed by atoms with van der Waals surface area (Å²) in [5.41, 5.74) is 0.400. The molecule has 5 heteroatoms. The van der Waals surface area contributed by atoms with E-state index in [2.05, 4.69) is 20.7 Å². The molecule has 0 atom stereocenters. The molecule has 0 aliphatic carbocycles. The van der Waals surface area contributed by atoms with Crippen molar-refractivity contribution in [2.24, 2.45) is 0 Å². The summed E-state index contributed by atoms with van der Waals surface area (Å²) < 4.78 is 10.5. The number of carbonyl (C=O) groups excluding carboxylic acids is 2. The highest BCUT2D eigenvalue weighted by Gasteiger charge is 2.03. The Kier molecular flexibility index (Phi) is 4.30. The van der Waals surface area contributed by atoms with E-state index in [4.69, 9.17) is 4.74 Å². The molecular formula is C10H9BrO4. The fourth-order valence-electron chi connectivity index (χ4n) is 0.919. The molecule has 0 N–H and O–H groups in total. The van der Waals surface area contributed by atoms with Crippen LogP contribution in [0.1, 0.15) is 17.3 Å². The summed E-state index contributed by atoms with van der Waals surface area (Å²) >= 11 is 3.23. The molecule has 1 rings (SSSR count). The first-order valence-corrected chi connectivity index (χ1v) is 4.93. The van der Waals surface area contributed by atoms with Gasteiger partial charge in [0.15, 0.2) is 6.29 Å². The molecule has 0 aliphatic rings. The fraction of sp³-hybridized carbons (Fsp3) is 0.200. The normalized spacial score (nSPS) is 9.47. The topological polar surface area (TPSA) is 52.6 Å². The maximum Gasteiger partial charge on any atom is 0.305 e. The predicted octanol–water partition coefficient (Wildman–Crippen LogP) is 2.16. The number of hydrogen-bond acceptors (Lipinski definition) is 4. The molecule has 0 spiro atoms. The summed E-state index contributed by atoms with van der Waals surface area (Å²) in [4.78, 5) is 21.1. The van der Waals surface area contributed by atoms with Crippen molar-refractivity contribution < 1.29 is 19.1 Å². The van der Waals surface area contributed by atoms with Gasteiger partial charge in [0, 0.05) is 11.4 Å². The van der Waals surface area contributed by atoms with Crippen LogP contribution in [0.2, 0.25) is 0 Å². The van der Waals surface area contributed by atoms with Gasteiger partial charge in [-0.3, -0.25) is 9.59 Å². The maximum absolute atomic E-state index is 10.7. The highest BCUT2D eigenvalue weighted by molar-refractivity contribution is 9.10. The number of esters is 1. The van der Waals surface area contributed by atoms with Gasteiger partial charge in [-0.05, 0) is 18.2 Å². The van der Waals surface area contributed by atoms with Gasteiger partial charge >= 0.3 is 5.97 Å². The van der Waals surface area contributed by atoms with E-state index >= 15 is 0 Å². The van der Waals surface area contributed by atoms with Crippen molar-refractivity contribution in [3.63, 3.8) is 0 Å². The summed E-state index contributed by atoms with van der Waals surface area (Å²) in [6, 6.07) is 4.98. The minimum absolute atomic E-state index is 0.197. The Bertz CT molecular complexity index is 376. The lowest BCUT2D eigenvalue weighted by Gasteiger charge is -2.07. The van der Waals surface area contributed by atoms with Gasteiger partial charge in [0.1, 0.15) is 5.75 Å².